The van der Waals surface area contributed by atoms with Gasteiger partial charge >= 0.3 is 11.9 Å². The summed E-state index contributed by atoms with van der Waals surface area (Å²) in [7, 11) is 0. The van der Waals surface area contributed by atoms with Crippen LogP contribution in [0.3, 0.4) is 0 Å². The zero-order valence-corrected chi connectivity index (χ0v) is 18.5. The van der Waals surface area contributed by atoms with Gasteiger partial charge in [0.05, 0.1) is 17.1 Å². The van der Waals surface area contributed by atoms with Gasteiger partial charge in [-0.3, -0.25) is 4.79 Å². The molecule has 5 nitrogen and oxygen atoms in total. The molecule has 32 heavy (non-hydrogen) atoms. The third kappa shape index (κ3) is 4.62. The molecule has 0 amide bonds. The van der Waals surface area contributed by atoms with Gasteiger partial charge in [0, 0.05) is 0 Å². The van der Waals surface area contributed by atoms with Crippen molar-refractivity contribution in [2.24, 2.45) is 5.41 Å². The lowest BCUT2D eigenvalue weighted by molar-refractivity contribution is -0.159. The van der Waals surface area contributed by atoms with Crippen LogP contribution in [0.1, 0.15) is 54.1 Å². The molecule has 0 aliphatic heterocycles. The average molecular weight is 433 g/mol. The first-order chi connectivity index (χ1) is 15.4. The van der Waals surface area contributed by atoms with Gasteiger partial charge in [0.2, 0.25) is 0 Å². The van der Waals surface area contributed by atoms with Crippen molar-refractivity contribution in [3.8, 4) is 5.75 Å². The van der Waals surface area contributed by atoms with E-state index >= 15 is 0 Å². The Hall–Kier alpha value is -3.34. The summed E-state index contributed by atoms with van der Waals surface area (Å²) in [6.07, 6.45) is 2.73. The second-order valence-electron chi connectivity index (χ2n) is 8.88. The first-order valence-electron chi connectivity index (χ1n) is 11.0. The first kappa shape index (κ1) is 21.9. The van der Waals surface area contributed by atoms with E-state index in [4.69, 9.17) is 9.47 Å². The Balaban J connectivity index is 1.36. The monoisotopic (exact) mass is 432 g/mol. The molecule has 0 heterocycles. The zero-order valence-electron chi connectivity index (χ0n) is 18.5. The van der Waals surface area contributed by atoms with Crippen LogP contribution in [0.2, 0.25) is 0 Å². The minimum absolute atomic E-state index is 0.0447. The molecule has 0 aromatic heterocycles. The number of carbonyl (C=O) groups is 2. The van der Waals surface area contributed by atoms with Gasteiger partial charge in [0.1, 0.15) is 12.4 Å². The first-order valence-corrected chi connectivity index (χ1v) is 11.0. The molecule has 1 fully saturated rings. The molecule has 5 heteroatoms. The fraction of sp³-hybridized carbons (Fsp3) is 0.333. The van der Waals surface area contributed by atoms with E-state index in [1.165, 1.54) is 0 Å². The number of hydrogen-bond donors (Lipinski definition) is 1. The van der Waals surface area contributed by atoms with Gasteiger partial charge in [-0.1, -0.05) is 48.5 Å². The predicted octanol–water partition coefficient (Wildman–Crippen LogP) is 5.92. The van der Waals surface area contributed by atoms with E-state index in [1.54, 1.807) is 18.2 Å². The van der Waals surface area contributed by atoms with Crippen LogP contribution in [0, 0.1) is 12.3 Å². The van der Waals surface area contributed by atoms with E-state index in [0.29, 0.717) is 18.6 Å². The Kier molecular flexibility index (Phi) is 6.17. The number of carboxylic acid groups (broad SMARTS) is 1. The molecule has 0 saturated heterocycles. The predicted molar refractivity (Wildman–Crippen MR) is 123 cm³/mol. The van der Waals surface area contributed by atoms with Gasteiger partial charge < -0.3 is 14.6 Å². The third-order valence-electron chi connectivity index (χ3n) is 6.50. The number of ether oxygens (including phenoxy) is 2. The standard InChI is InChI=1S/C27H28O5/c1-18-10-11-20(25(28)29)16-24(18)32-22-12-14-27(2,15-13-22)26(30)31-17-21-8-5-7-19-6-3-4-9-23(19)21/h3-11,16,22H,12-15,17H2,1-2H3,(H,28,29). The van der Waals surface area contributed by atoms with Crippen molar-refractivity contribution >= 4 is 22.7 Å². The molecule has 1 N–H and O–H groups in total. The summed E-state index contributed by atoms with van der Waals surface area (Å²) in [4.78, 5) is 24.2. The Morgan fingerprint density at radius 1 is 1.03 bits per heavy atom. The minimum Gasteiger partial charge on any atom is -0.490 e. The lowest BCUT2D eigenvalue weighted by Gasteiger charge is -2.35. The summed E-state index contributed by atoms with van der Waals surface area (Å²) in [5.74, 6) is -0.551. The smallest absolute Gasteiger partial charge is 0.335 e. The lowest BCUT2D eigenvalue weighted by Crippen LogP contribution is -2.37. The van der Waals surface area contributed by atoms with E-state index in [0.717, 1.165) is 34.7 Å². The molecule has 166 valence electrons. The van der Waals surface area contributed by atoms with Crippen molar-refractivity contribution in [1.82, 2.24) is 0 Å². The molecule has 0 unspecified atom stereocenters. The number of aryl methyl sites for hydroxylation is 1. The highest BCUT2D eigenvalue weighted by molar-refractivity contribution is 5.88. The largest absolute Gasteiger partial charge is 0.490 e. The summed E-state index contributed by atoms with van der Waals surface area (Å²) in [6, 6.07) is 19.0. The van der Waals surface area contributed by atoms with Crippen molar-refractivity contribution in [3.05, 3.63) is 77.4 Å². The minimum atomic E-state index is -0.972. The van der Waals surface area contributed by atoms with Crippen LogP contribution in [-0.2, 0) is 16.1 Å². The number of benzene rings is 3. The van der Waals surface area contributed by atoms with E-state index in [-0.39, 0.29) is 24.2 Å². The molecule has 3 aromatic carbocycles. The summed E-state index contributed by atoms with van der Waals surface area (Å²) in [6.45, 7) is 4.13. The van der Waals surface area contributed by atoms with Gasteiger partial charge in [0.15, 0.2) is 0 Å². The number of rotatable bonds is 6. The van der Waals surface area contributed by atoms with Crippen molar-refractivity contribution in [2.75, 3.05) is 0 Å². The number of esters is 1. The van der Waals surface area contributed by atoms with Crippen molar-refractivity contribution in [1.29, 1.82) is 0 Å². The summed E-state index contributed by atoms with van der Waals surface area (Å²) < 4.78 is 11.9. The lowest BCUT2D eigenvalue weighted by atomic mass is 9.74. The fourth-order valence-corrected chi connectivity index (χ4v) is 4.33. The van der Waals surface area contributed by atoms with Crippen LogP contribution in [0.15, 0.2) is 60.7 Å². The zero-order chi connectivity index (χ0) is 22.7. The molecule has 3 aromatic rings. The van der Waals surface area contributed by atoms with Gasteiger partial charge in [0.25, 0.3) is 0 Å². The Morgan fingerprint density at radius 2 is 1.75 bits per heavy atom. The Morgan fingerprint density at radius 3 is 2.50 bits per heavy atom. The molecular formula is C27H28O5. The van der Waals surface area contributed by atoms with Gasteiger partial charge in [-0.25, -0.2) is 4.79 Å². The second-order valence-corrected chi connectivity index (χ2v) is 8.88. The maximum absolute atomic E-state index is 12.9. The normalized spacial score (nSPS) is 20.6. The maximum atomic E-state index is 12.9. The van der Waals surface area contributed by atoms with Crippen LogP contribution in [-0.4, -0.2) is 23.1 Å². The van der Waals surface area contributed by atoms with Gasteiger partial charge in [-0.2, -0.15) is 0 Å². The van der Waals surface area contributed by atoms with E-state index in [1.807, 2.05) is 44.2 Å². The number of fused-ring (bicyclic) bond motifs is 1. The molecule has 1 aliphatic rings. The van der Waals surface area contributed by atoms with Crippen LogP contribution in [0.25, 0.3) is 10.8 Å². The molecule has 0 bridgehead atoms. The highest BCUT2D eigenvalue weighted by Gasteiger charge is 2.39. The van der Waals surface area contributed by atoms with Crippen LogP contribution >= 0.6 is 0 Å². The van der Waals surface area contributed by atoms with Crippen LogP contribution < -0.4 is 4.74 Å². The summed E-state index contributed by atoms with van der Waals surface area (Å²) in [5, 5.41) is 11.5. The molecule has 1 aliphatic carbocycles. The van der Waals surface area contributed by atoms with Gasteiger partial charge in [-0.05, 0) is 73.6 Å². The van der Waals surface area contributed by atoms with Crippen LogP contribution in [0.5, 0.6) is 5.75 Å². The molecular weight excluding hydrogens is 404 g/mol. The number of aromatic carboxylic acids is 1. The summed E-state index contributed by atoms with van der Waals surface area (Å²) >= 11 is 0. The van der Waals surface area contributed by atoms with E-state index in [9.17, 15) is 14.7 Å². The quantitative estimate of drug-likeness (QED) is 0.490. The number of carboxylic acids is 1. The maximum Gasteiger partial charge on any atom is 0.335 e. The second kappa shape index (κ2) is 9.03. The van der Waals surface area contributed by atoms with Gasteiger partial charge in [-0.15, -0.1) is 0 Å². The molecule has 0 radical (unpaired) electrons. The average Bonchev–Trinajstić information content (AvgIpc) is 2.80. The highest BCUT2D eigenvalue weighted by atomic mass is 16.5. The molecule has 0 spiro atoms. The molecule has 0 atom stereocenters. The van der Waals surface area contributed by atoms with Crippen LogP contribution in [0.4, 0.5) is 0 Å². The Labute approximate surface area is 188 Å². The third-order valence-corrected chi connectivity index (χ3v) is 6.50. The molecule has 1 saturated carbocycles. The van der Waals surface area contributed by atoms with Crippen molar-refractivity contribution in [3.63, 3.8) is 0 Å². The van der Waals surface area contributed by atoms with Crippen molar-refractivity contribution in [2.45, 2.75) is 52.2 Å². The summed E-state index contributed by atoms with van der Waals surface area (Å²) in [5.41, 5.74) is 1.58. The van der Waals surface area contributed by atoms with E-state index < -0.39 is 11.4 Å². The topological polar surface area (TPSA) is 72.8 Å². The van der Waals surface area contributed by atoms with Crippen molar-refractivity contribution < 1.29 is 24.2 Å². The van der Waals surface area contributed by atoms with E-state index in [2.05, 4.69) is 12.1 Å². The highest BCUT2D eigenvalue weighted by Crippen LogP contribution is 2.39. The number of hydrogen-bond acceptors (Lipinski definition) is 4. The number of carbonyl (C=O) groups excluding carboxylic acids is 1. The SMILES string of the molecule is Cc1ccc(C(=O)O)cc1OC1CCC(C)(C(=O)OCc2cccc3ccccc23)CC1. The molecule has 4 rings (SSSR count). The fourth-order valence-electron chi connectivity index (χ4n) is 4.33. The Bertz CT molecular complexity index is 1140.